The second-order valence-corrected chi connectivity index (χ2v) is 4.32. The molecule has 0 unspecified atom stereocenters. The summed E-state index contributed by atoms with van der Waals surface area (Å²) in [6.45, 7) is 0.909. The van der Waals surface area contributed by atoms with Gasteiger partial charge in [0.2, 0.25) is 5.91 Å². The minimum absolute atomic E-state index is 0.0353. The van der Waals surface area contributed by atoms with Crippen molar-refractivity contribution >= 4 is 5.91 Å². The van der Waals surface area contributed by atoms with Gasteiger partial charge in [-0.1, -0.05) is 24.3 Å². The molecule has 0 aromatic heterocycles. The number of alkyl halides is 1. The highest BCUT2D eigenvalue weighted by Crippen LogP contribution is 2.08. The lowest BCUT2D eigenvalue weighted by Gasteiger charge is -2.11. The molecule has 2 N–H and O–H groups in total. The van der Waals surface area contributed by atoms with Crippen LogP contribution in [0.1, 0.15) is 24.0 Å². The summed E-state index contributed by atoms with van der Waals surface area (Å²) in [5.74, 6) is 0.0353. The summed E-state index contributed by atoms with van der Waals surface area (Å²) >= 11 is 0. The average molecular weight is 236 g/mol. The maximum absolute atomic E-state index is 12.5. The Hall–Kier alpha value is -1.42. The van der Waals surface area contributed by atoms with Crippen molar-refractivity contribution in [2.75, 3.05) is 6.54 Å². The van der Waals surface area contributed by atoms with Crippen molar-refractivity contribution in [3.63, 3.8) is 0 Å². The van der Waals surface area contributed by atoms with Gasteiger partial charge in [0.1, 0.15) is 6.67 Å². The topological polar surface area (TPSA) is 41.1 Å². The van der Waals surface area contributed by atoms with Crippen molar-refractivity contribution in [1.82, 2.24) is 10.6 Å². The molecule has 4 heteroatoms. The van der Waals surface area contributed by atoms with Crippen molar-refractivity contribution in [2.24, 2.45) is 0 Å². The summed E-state index contributed by atoms with van der Waals surface area (Å²) in [4.78, 5) is 11.7. The molecule has 2 rings (SSSR count). The molecular weight excluding hydrogens is 219 g/mol. The van der Waals surface area contributed by atoms with E-state index in [1.165, 1.54) is 0 Å². The van der Waals surface area contributed by atoms with Gasteiger partial charge in [0, 0.05) is 6.54 Å². The fraction of sp³-hybridized carbons (Fsp3) is 0.462. The molecule has 92 valence electrons. The third-order valence-corrected chi connectivity index (χ3v) is 2.99. The molecule has 1 aromatic carbocycles. The molecule has 0 bridgehead atoms. The van der Waals surface area contributed by atoms with E-state index in [1.54, 1.807) is 12.1 Å². The van der Waals surface area contributed by atoms with Gasteiger partial charge in [-0.25, -0.2) is 4.39 Å². The Bertz CT molecular complexity index is 389. The Morgan fingerprint density at radius 1 is 1.47 bits per heavy atom. The first-order valence-corrected chi connectivity index (χ1v) is 5.94. The number of carbonyl (C=O) groups is 1. The van der Waals surface area contributed by atoms with Gasteiger partial charge in [-0.15, -0.1) is 0 Å². The fourth-order valence-corrected chi connectivity index (χ4v) is 2.04. The first-order chi connectivity index (χ1) is 8.29. The van der Waals surface area contributed by atoms with Gasteiger partial charge >= 0.3 is 0 Å². The normalized spacial score (nSPS) is 19.2. The van der Waals surface area contributed by atoms with Gasteiger partial charge in [-0.05, 0) is 30.5 Å². The molecule has 1 fully saturated rings. The Kier molecular flexibility index (Phi) is 4.09. The third kappa shape index (κ3) is 3.27. The quantitative estimate of drug-likeness (QED) is 0.832. The summed E-state index contributed by atoms with van der Waals surface area (Å²) in [5, 5.41) is 6.01. The number of amides is 1. The molecule has 0 spiro atoms. The van der Waals surface area contributed by atoms with Gasteiger partial charge < -0.3 is 10.6 Å². The van der Waals surface area contributed by atoms with Crippen LogP contribution in [-0.2, 0) is 18.0 Å². The molecule has 1 aliphatic heterocycles. The summed E-state index contributed by atoms with van der Waals surface area (Å²) in [5.41, 5.74) is 1.59. The minimum Gasteiger partial charge on any atom is -0.351 e. The van der Waals surface area contributed by atoms with Crippen molar-refractivity contribution < 1.29 is 9.18 Å². The van der Waals surface area contributed by atoms with Gasteiger partial charge in [0.25, 0.3) is 0 Å². The number of hydrogen-bond donors (Lipinski definition) is 2. The van der Waals surface area contributed by atoms with E-state index < -0.39 is 6.67 Å². The van der Waals surface area contributed by atoms with E-state index in [0.717, 1.165) is 24.9 Å². The summed E-state index contributed by atoms with van der Waals surface area (Å²) < 4.78 is 12.5. The zero-order chi connectivity index (χ0) is 12.1. The Morgan fingerprint density at radius 3 is 3.00 bits per heavy atom. The van der Waals surface area contributed by atoms with Crippen LogP contribution in [0.25, 0.3) is 0 Å². The molecule has 3 nitrogen and oxygen atoms in total. The summed E-state index contributed by atoms with van der Waals surface area (Å²) in [6, 6.07) is 7.16. The van der Waals surface area contributed by atoms with Crippen LogP contribution in [0.2, 0.25) is 0 Å². The molecule has 1 heterocycles. The largest absolute Gasteiger partial charge is 0.351 e. The van der Waals surface area contributed by atoms with Crippen molar-refractivity contribution in [2.45, 2.75) is 32.1 Å². The second kappa shape index (κ2) is 5.77. The lowest BCUT2D eigenvalue weighted by molar-refractivity contribution is -0.122. The number of carbonyl (C=O) groups excluding carboxylic acids is 1. The van der Waals surface area contributed by atoms with Crippen LogP contribution in [0.5, 0.6) is 0 Å². The van der Waals surface area contributed by atoms with E-state index in [9.17, 15) is 9.18 Å². The highest BCUT2D eigenvalue weighted by atomic mass is 19.1. The highest BCUT2D eigenvalue weighted by molar-refractivity contribution is 5.81. The zero-order valence-corrected chi connectivity index (χ0v) is 9.71. The molecule has 1 amide bonds. The summed E-state index contributed by atoms with van der Waals surface area (Å²) in [7, 11) is 0. The standard InChI is InChI=1S/C13H17FN2O/c14-8-10-3-1-4-11(7-10)9-16-13(17)12-5-2-6-15-12/h1,3-4,7,12,15H,2,5-6,8-9H2,(H,16,17)/t12-/m0/s1. The van der Waals surface area contributed by atoms with Crippen LogP contribution < -0.4 is 10.6 Å². The van der Waals surface area contributed by atoms with Gasteiger partial charge in [0.05, 0.1) is 6.04 Å². The van der Waals surface area contributed by atoms with Crippen LogP contribution in [0, 0.1) is 0 Å². The van der Waals surface area contributed by atoms with Gasteiger partial charge in [-0.2, -0.15) is 0 Å². The van der Waals surface area contributed by atoms with Crippen molar-refractivity contribution in [1.29, 1.82) is 0 Å². The van der Waals surface area contributed by atoms with E-state index in [-0.39, 0.29) is 11.9 Å². The van der Waals surface area contributed by atoms with Crippen LogP contribution in [0.4, 0.5) is 4.39 Å². The minimum atomic E-state index is -0.466. The number of hydrogen-bond acceptors (Lipinski definition) is 2. The van der Waals surface area contributed by atoms with E-state index in [2.05, 4.69) is 10.6 Å². The number of halogens is 1. The fourth-order valence-electron chi connectivity index (χ4n) is 2.04. The molecule has 0 saturated carbocycles. The Morgan fingerprint density at radius 2 is 2.29 bits per heavy atom. The first kappa shape index (κ1) is 12.0. The van der Waals surface area contributed by atoms with E-state index in [1.807, 2.05) is 12.1 Å². The Balaban J connectivity index is 1.86. The van der Waals surface area contributed by atoms with E-state index >= 15 is 0 Å². The van der Waals surface area contributed by atoms with Crippen molar-refractivity contribution in [3.05, 3.63) is 35.4 Å². The molecule has 0 aliphatic carbocycles. The number of benzene rings is 1. The lowest BCUT2D eigenvalue weighted by Crippen LogP contribution is -2.39. The molecule has 0 radical (unpaired) electrons. The van der Waals surface area contributed by atoms with Crippen LogP contribution in [0.3, 0.4) is 0 Å². The molecular formula is C13H17FN2O. The van der Waals surface area contributed by atoms with E-state index in [4.69, 9.17) is 0 Å². The van der Waals surface area contributed by atoms with Gasteiger partial charge in [-0.3, -0.25) is 4.79 Å². The smallest absolute Gasteiger partial charge is 0.237 e. The number of rotatable bonds is 4. The zero-order valence-electron chi connectivity index (χ0n) is 9.71. The molecule has 1 aromatic rings. The summed E-state index contributed by atoms with van der Waals surface area (Å²) in [6.07, 6.45) is 1.95. The first-order valence-electron chi connectivity index (χ1n) is 5.94. The molecule has 1 atom stereocenters. The monoisotopic (exact) mass is 236 g/mol. The van der Waals surface area contributed by atoms with E-state index in [0.29, 0.717) is 12.1 Å². The average Bonchev–Trinajstić information content (AvgIpc) is 2.90. The maximum atomic E-state index is 12.5. The molecule has 17 heavy (non-hydrogen) atoms. The lowest BCUT2D eigenvalue weighted by atomic mass is 10.1. The SMILES string of the molecule is O=C(NCc1cccc(CF)c1)[C@@H]1CCCN1. The van der Waals surface area contributed by atoms with Crippen LogP contribution in [-0.4, -0.2) is 18.5 Å². The second-order valence-electron chi connectivity index (χ2n) is 4.32. The maximum Gasteiger partial charge on any atom is 0.237 e. The van der Waals surface area contributed by atoms with Crippen LogP contribution >= 0.6 is 0 Å². The van der Waals surface area contributed by atoms with Gasteiger partial charge in [0.15, 0.2) is 0 Å². The molecule has 1 aliphatic rings. The Labute approximate surface area is 100 Å². The van der Waals surface area contributed by atoms with Crippen LogP contribution in [0.15, 0.2) is 24.3 Å². The van der Waals surface area contributed by atoms with Crippen molar-refractivity contribution in [3.8, 4) is 0 Å². The predicted molar refractivity (Wildman–Crippen MR) is 64.1 cm³/mol. The molecule has 1 saturated heterocycles. The predicted octanol–water partition coefficient (Wildman–Crippen LogP) is 1.52. The highest BCUT2D eigenvalue weighted by Gasteiger charge is 2.21. The number of nitrogens with one attached hydrogen (secondary N) is 2. The third-order valence-electron chi connectivity index (χ3n) is 2.99.